The first-order valence-electron chi connectivity index (χ1n) is 5.25. The quantitative estimate of drug-likeness (QED) is 0.624. The highest BCUT2D eigenvalue weighted by Crippen LogP contribution is 2.34. The third-order valence-corrected chi connectivity index (χ3v) is 2.90. The van der Waals surface area contributed by atoms with E-state index in [2.05, 4.69) is 11.8 Å². The summed E-state index contributed by atoms with van der Waals surface area (Å²) in [7, 11) is 0. The Balaban J connectivity index is 2.49. The van der Waals surface area contributed by atoms with Crippen LogP contribution in [0.3, 0.4) is 0 Å². The fourth-order valence-electron chi connectivity index (χ4n) is 1.10. The van der Waals surface area contributed by atoms with Crippen molar-refractivity contribution >= 4 is 17.3 Å². The van der Waals surface area contributed by atoms with Crippen LogP contribution in [0.5, 0.6) is 0 Å². The second-order valence-electron chi connectivity index (χ2n) is 3.27. The lowest BCUT2D eigenvalue weighted by Crippen LogP contribution is -2.02. The van der Waals surface area contributed by atoms with Crippen molar-refractivity contribution < 1.29 is 22.7 Å². The molecular weight excluding hydrogens is 265 g/mol. The van der Waals surface area contributed by atoms with Crippen LogP contribution in [0.2, 0.25) is 0 Å². The smallest absolute Gasteiger partial charge is 0.425 e. The molecular formula is C12H11F3O2S. The van der Waals surface area contributed by atoms with E-state index in [-0.39, 0.29) is 18.8 Å². The number of carbonyl (C=O) groups is 1. The maximum absolute atomic E-state index is 12.3. The zero-order chi connectivity index (χ0) is 13.6. The third-order valence-electron chi connectivity index (χ3n) is 1.86. The zero-order valence-electron chi connectivity index (χ0n) is 9.63. The molecule has 0 fully saturated rings. The lowest BCUT2D eigenvalue weighted by atomic mass is 10.3. The average molecular weight is 276 g/mol. The average Bonchev–Trinajstić information content (AvgIpc) is 2.73. The second-order valence-corrected chi connectivity index (χ2v) is 4.35. The summed E-state index contributed by atoms with van der Waals surface area (Å²) < 4.78 is 41.5. The van der Waals surface area contributed by atoms with Gasteiger partial charge >= 0.3 is 12.1 Å². The van der Waals surface area contributed by atoms with Gasteiger partial charge in [0.2, 0.25) is 0 Å². The molecule has 0 aliphatic heterocycles. The number of rotatable bonds is 3. The summed E-state index contributed by atoms with van der Waals surface area (Å²) in [6.07, 6.45) is -3.90. The van der Waals surface area contributed by atoms with Crippen LogP contribution in [0, 0.1) is 11.8 Å². The first kappa shape index (κ1) is 14.6. The predicted molar refractivity (Wildman–Crippen MR) is 62.1 cm³/mol. The van der Waals surface area contributed by atoms with Crippen LogP contribution in [-0.4, -0.2) is 12.6 Å². The molecule has 18 heavy (non-hydrogen) atoms. The van der Waals surface area contributed by atoms with Crippen LogP contribution in [0.1, 0.15) is 29.5 Å². The number of alkyl halides is 3. The monoisotopic (exact) mass is 276 g/mol. The van der Waals surface area contributed by atoms with Crippen molar-refractivity contribution in [3.05, 3.63) is 21.9 Å². The minimum absolute atomic E-state index is 0.151. The number of ether oxygens (including phenoxy) is 1. The molecule has 0 aliphatic carbocycles. The molecule has 0 atom stereocenters. The summed E-state index contributed by atoms with van der Waals surface area (Å²) in [6.45, 7) is 2.01. The topological polar surface area (TPSA) is 26.3 Å². The second kappa shape index (κ2) is 6.45. The van der Waals surface area contributed by atoms with Gasteiger partial charge in [0.1, 0.15) is 4.88 Å². The molecule has 1 heterocycles. The molecule has 0 radical (unpaired) electrons. The molecule has 0 aromatic carbocycles. The van der Waals surface area contributed by atoms with Crippen molar-refractivity contribution in [2.24, 2.45) is 0 Å². The van der Waals surface area contributed by atoms with E-state index in [1.165, 1.54) is 6.07 Å². The van der Waals surface area contributed by atoms with Gasteiger partial charge in [-0.1, -0.05) is 11.8 Å². The lowest BCUT2D eigenvalue weighted by molar-refractivity contribution is -0.143. The Morgan fingerprint density at radius 3 is 2.72 bits per heavy atom. The molecule has 0 unspecified atom stereocenters. The number of carbonyl (C=O) groups excluding carboxylic acids is 1. The summed E-state index contributed by atoms with van der Waals surface area (Å²) in [5.41, 5.74) is 0. The number of hydrogen-bond donors (Lipinski definition) is 0. The molecule has 1 rings (SSSR count). The van der Waals surface area contributed by atoms with Crippen molar-refractivity contribution in [3.8, 4) is 11.8 Å². The molecule has 98 valence electrons. The maximum Gasteiger partial charge on any atom is 0.425 e. The van der Waals surface area contributed by atoms with E-state index in [0.29, 0.717) is 22.8 Å². The number of halogens is 3. The first-order valence-corrected chi connectivity index (χ1v) is 6.06. The van der Waals surface area contributed by atoms with Gasteiger partial charge in [-0.25, -0.2) is 0 Å². The normalized spacial score (nSPS) is 10.7. The van der Waals surface area contributed by atoms with Crippen molar-refractivity contribution in [1.82, 2.24) is 0 Å². The Morgan fingerprint density at radius 1 is 1.44 bits per heavy atom. The van der Waals surface area contributed by atoms with E-state index >= 15 is 0 Å². The Morgan fingerprint density at radius 2 is 2.17 bits per heavy atom. The summed E-state index contributed by atoms with van der Waals surface area (Å²) in [5, 5.41) is 0. The van der Waals surface area contributed by atoms with E-state index in [1.807, 2.05) is 0 Å². The predicted octanol–water partition coefficient (Wildman–Crippen LogP) is 3.46. The van der Waals surface area contributed by atoms with Crippen LogP contribution in [0.4, 0.5) is 13.2 Å². The summed E-state index contributed by atoms with van der Waals surface area (Å²) in [6, 6.07) is 2.32. The van der Waals surface area contributed by atoms with E-state index in [4.69, 9.17) is 4.74 Å². The van der Waals surface area contributed by atoms with Gasteiger partial charge in [-0.2, -0.15) is 13.2 Å². The molecule has 6 heteroatoms. The van der Waals surface area contributed by atoms with E-state index in [0.717, 1.165) is 6.07 Å². The van der Waals surface area contributed by atoms with Gasteiger partial charge < -0.3 is 4.74 Å². The molecule has 0 N–H and O–H groups in total. The minimum atomic E-state index is -4.32. The van der Waals surface area contributed by atoms with Gasteiger partial charge in [-0.3, -0.25) is 4.79 Å². The van der Waals surface area contributed by atoms with Gasteiger partial charge in [0.05, 0.1) is 17.9 Å². The molecule has 2 nitrogen and oxygen atoms in total. The van der Waals surface area contributed by atoms with Crippen molar-refractivity contribution in [2.45, 2.75) is 25.9 Å². The van der Waals surface area contributed by atoms with Gasteiger partial charge in [0.25, 0.3) is 0 Å². The van der Waals surface area contributed by atoms with Crippen molar-refractivity contribution in [1.29, 1.82) is 0 Å². The van der Waals surface area contributed by atoms with Gasteiger partial charge in [0, 0.05) is 6.42 Å². The van der Waals surface area contributed by atoms with Crippen LogP contribution in [-0.2, 0) is 15.7 Å². The van der Waals surface area contributed by atoms with Crippen LogP contribution >= 0.6 is 11.3 Å². The lowest BCUT2D eigenvalue weighted by Gasteiger charge is -1.99. The standard InChI is InChI=1S/C12H11F3O2S/c1-2-17-11(16)6-4-3-5-9-7-8-10(18-9)12(13,14)15/h7-8H,2,4,6H2,1H3. The Hall–Kier alpha value is -1.48. The number of esters is 1. The largest absolute Gasteiger partial charge is 0.466 e. The maximum atomic E-state index is 12.3. The fourth-order valence-corrected chi connectivity index (χ4v) is 1.85. The van der Waals surface area contributed by atoms with Crippen molar-refractivity contribution in [3.63, 3.8) is 0 Å². The van der Waals surface area contributed by atoms with E-state index in [9.17, 15) is 18.0 Å². The van der Waals surface area contributed by atoms with E-state index in [1.54, 1.807) is 6.92 Å². The molecule has 1 aromatic heterocycles. The SMILES string of the molecule is CCOC(=O)CCC#Cc1ccc(C(F)(F)F)s1. The summed E-state index contributed by atoms with van der Waals surface area (Å²) in [4.78, 5) is 10.6. The zero-order valence-corrected chi connectivity index (χ0v) is 10.5. The van der Waals surface area contributed by atoms with Crippen LogP contribution < -0.4 is 0 Å². The van der Waals surface area contributed by atoms with Gasteiger partial charge in [-0.15, -0.1) is 11.3 Å². The molecule has 1 aromatic rings. The number of thiophene rings is 1. The van der Waals surface area contributed by atoms with Crippen molar-refractivity contribution in [2.75, 3.05) is 6.61 Å². The Kier molecular flexibility index (Phi) is 5.23. The van der Waals surface area contributed by atoms with E-state index < -0.39 is 11.1 Å². The number of hydrogen-bond acceptors (Lipinski definition) is 3. The van der Waals surface area contributed by atoms with Crippen LogP contribution in [0.25, 0.3) is 0 Å². The molecule has 0 amide bonds. The third kappa shape index (κ3) is 4.80. The molecule has 0 bridgehead atoms. The summed E-state index contributed by atoms with van der Waals surface area (Å²) in [5.74, 6) is 4.89. The highest BCUT2D eigenvalue weighted by atomic mass is 32.1. The Labute approximate surface area is 107 Å². The molecule has 0 aliphatic rings. The van der Waals surface area contributed by atoms with Crippen LogP contribution in [0.15, 0.2) is 12.1 Å². The molecule has 0 saturated heterocycles. The summed E-state index contributed by atoms with van der Waals surface area (Å²) >= 11 is 0.594. The molecule has 0 saturated carbocycles. The fraction of sp³-hybridized carbons (Fsp3) is 0.417. The van der Waals surface area contributed by atoms with Gasteiger partial charge in [0.15, 0.2) is 0 Å². The minimum Gasteiger partial charge on any atom is -0.466 e. The highest BCUT2D eigenvalue weighted by molar-refractivity contribution is 7.12. The van der Waals surface area contributed by atoms with Gasteiger partial charge in [-0.05, 0) is 19.1 Å². The Bertz CT molecular complexity index is 466. The molecule has 0 spiro atoms. The highest BCUT2D eigenvalue weighted by Gasteiger charge is 2.32. The first-order chi connectivity index (χ1) is 8.43.